The first-order valence-corrected chi connectivity index (χ1v) is 9.90. The van der Waals surface area contributed by atoms with Crippen molar-refractivity contribution in [3.8, 4) is 0 Å². The quantitative estimate of drug-likeness (QED) is 0.763. The number of hydrogen-bond donors (Lipinski definition) is 1. The van der Waals surface area contributed by atoms with Gasteiger partial charge in [0.1, 0.15) is 5.54 Å². The number of hydrogen-bond acceptors (Lipinski definition) is 4. The molecule has 4 atom stereocenters. The van der Waals surface area contributed by atoms with Crippen molar-refractivity contribution in [2.24, 2.45) is 17.1 Å². The predicted octanol–water partition coefficient (Wildman–Crippen LogP) is 2.45. The van der Waals surface area contributed by atoms with Crippen molar-refractivity contribution < 1.29 is 9.53 Å². The number of nitrogens with two attached hydrogens (primary N) is 1. The van der Waals surface area contributed by atoms with E-state index in [1.54, 1.807) is 0 Å². The summed E-state index contributed by atoms with van der Waals surface area (Å²) in [6, 6.07) is 0.541. The number of rotatable bonds is 2. The van der Waals surface area contributed by atoms with Gasteiger partial charge in [0.05, 0.1) is 6.10 Å². The van der Waals surface area contributed by atoms with E-state index in [1.807, 2.05) is 0 Å². The lowest BCUT2D eigenvalue weighted by Gasteiger charge is -2.65. The lowest BCUT2D eigenvalue weighted by atomic mass is 9.46. The van der Waals surface area contributed by atoms with Crippen molar-refractivity contribution in [1.29, 1.82) is 0 Å². The molecular formula is C19H35Cl2N3O2. The Balaban J connectivity index is 0.00000121. The van der Waals surface area contributed by atoms with Crippen LogP contribution in [0.2, 0.25) is 0 Å². The Hall–Kier alpha value is -0.0700. The summed E-state index contributed by atoms with van der Waals surface area (Å²) in [4.78, 5) is 18.0. The minimum absolute atomic E-state index is 0. The lowest BCUT2D eigenvalue weighted by molar-refractivity contribution is -0.229. The molecule has 3 heterocycles. The largest absolute Gasteiger partial charge is 0.377 e. The number of fused-ring (bicyclic) bond motifs is 1. The average molecular weight is 408 g/mol. The van der Waals surface area contributed by atoms with Gasteiger partial charge in [0, 0.05) is 37.1 Å². The molecule has 0 spiro atoms. The van der Waals surface area contributed by atoms with Crippen molar-refractivity contribution in [3.63, 3.8) is 0 Å². The number of halogens is 2. The van der Waals surface area contributed by atoms with Gasteiger partial charge in [-0.25, -0.2) is 0 Å². The summed E-state index contributed by atoms with van der Waals surface area (Å²) >= 11 is 0. The Labute approximate surface area is 170 Å². The zero-order valence-corrected chi connectivity index (χ0v) is 17.7. The molecular weight excluding hydrogens is 373 g/mol. The van der Waals surface area contributed by atoms with Crippen molar-refractivity contribution in [3.05, 3.63) is 0 Å². The molecule has 3 aliphatic heterocycles. The number of nitrogens with zero attached hydrogens (tertiary/aromatic N) is 2. The highest BCUT2D eigenvalue weighted by Gasteiger charge is 2.71. The molecule has 0 aromatic heterocycles. The summed E-state index contributed by atoms with van der Waals surface area (Å²) in [5, 5.41) is 0. The summed E-state index contributed by atoms with van der Waals surface area (Å²) in [6.45, 7) is 9.19. The smallest absolute Gasteiger partial charge is 0.243 e. The van der Waals surface area contributed by atoms with Gasteiger partial charge in [-0.15, -0.1) is 24.8 Å². The fourth-order valence-electron chi connectivity index (χ4n) is 5.78. The second-order valence-corrected chi connectivity index (χ2v) is 8.92. The molecule has 7 heteroatoms. The molecule has 1 amide bonds. The Morgan fingerprint density at radius 3 is 2.42 bits per heavy atom. The normalized spacial score (nSPS) is 39.2. The fourth-order valence-corrected chi connectivity index (χ4v) is 5.78. The molecule has 5 nitrogen and oxygen atoms in total. The van der Waals surface area contributed by atoms with Crippen LogP contribution in [0, 0.1) is 11.3 Å². The molecule has 152 valence electrons. The number of piperidine rings is 1. The standard InChI is InChI=1S/C19H33N3O2.2ClH/c1-18(2)16-15(7-6-12-24-16)19(18,20)17(23)22-11-8-14(13-22)21-9-4-3-5-10-21;;/h14-16H,3-13,20H2,1-2H3;2*1H. The maximum Gasteiger partial charge on any atom is 0.243 e. The van der Waals surface area contributed by atoms with Gasteiger partial charge in [0.15, 0.2) is 0 Å². The van der Waals surface area contributed by atoms with Crippen LogP contribution < -0.4 is 5.73 Å². The molecule has 0 bridgehead atoms. The zero-order valence-electron chi connectivity index (χ0n) is 16.1. The summed E-state index contributed by atoms with van der Waals surface area (Å²) in [5.41, 5.74) is 5.79. The van der Waals surface area contributed by atoms with Crippen molar-refractivity contribution in [2.45, 2.75) is 70.1 Å². The second kappa shape index (κ2) is 8.12. The van der Waals surface area contributed by atoms with E-state index in [2.05, 4.69) is 23.6 Å². The van der Waals surface area contributed by atoms with Gasteiger partial charge in [-0.05, 0) is 45.2 Å². The fraction of sp³-hybridized carbons (Fsp3) is 0.947. The van der Waals surface area contributed by atoms with Crippen LogP contribution in [-0.2, 0) is 9.53 Å². The lowest BCUT2D eigenvalue weighted by Crippen LogP contribution is -2.82. The maximum absolute atomic E-state index is 13.4. The van der Waals surface area contributed by atoms with Gasteiger partial charge < -0.3 is 15.4 Å². The Morgan fingerprint density at radius 1 is 1.04 bits per heavy atom. The third-order valence-electron chi connectivity index (χ3n) is 7.40. The summed E-state index contributed by atoms with van der Waals surface area (Å²) in [5.74, 6) is 0.376. The molecule has 3 saturated heterocycles. The number of carbonyl (C=O) groups is 1. The molecule has 4 fully saturated rings. The van der Waals surface area contributed by atoms with Crippen LogP contribution in [0.4, 0.5) is 0 Å². The van der Waals surface area contributed by atoms with Crippen LogP contribution in [0.5, 0.6) is 0 Å². The first kappa shape index (κ1) is 22.2. The van der Waals surface area contributed by atoms with E-state index in [1.165, 1.54) is 32.4 Å². The molecule has 4 unspecified atom stereocenters. The second-order valence-electron chi connectivity index (χ2n) is 8.92. The summed E-state index contributed by atoms with van der Waals surface area (Å²) in [6.07, 6.45) is 7.28. The van der Waals surface area contributed by atoms with Gasteiger partial charge in [0.25, 0.3) is 0 Å². The predicted molar refractivity (Wildman–Crippen MR) is 108 cm³/mol. The van der Waals surface area contributed by atoms with E-state index in [9.17, 15) is 4.79 Å². The third kappa shape index (κ3) is 3.18. The van der Waals surface area contributed by atoms with Crippen molar-refractivity contribution in [1.82, 2.24) is 9.80 Å². The van der Waals surface area contributed by atoms with E-state index in [0.29, 0.717) is 6.04 Å². The van der Waals surface area contributed by atoms with Gasteiger partial charge >= 0.3 is 0 Å². The summed E-state index contributed by atoms with van der Waals surface area (Å²) in [7, 11) is 0. The van der Waals surface area contributed by atoms with Gasteiger partial charge in [0.2, 0.25) is 5.91 Å². The van der Waals surface area contributed by atoms with Crippen LogP contribution in [-0.4, -0.2) is 66.2 Å². The highest BCUT2D eigenvalue weighted by atomic mass is 35.5. The minimum Gasteiger partial charge on any atom is -0.377 e. The molecule has 1 saturated carbocycles. The molecule has 4 aliphatic rings. The molecule has 26 heavy (non-hydrogen) atoms. The van der Waals surface area contributed by atoms with Gasteiger partial charge in [-0.2, -0.15) is 0 Å². The van der Waals surface area contributed by atoms with E-state index in [4.69, 9.17) is 10.5 Å². The number of amides is 1. The van der Waals surface area contributed by atoms with Crippen LogP contribution in [0.25, 0.3) is 0 Å². The SMILES string of the molecule is CC1(C)C2OCCCC2C1(N)C(=O)N1CCC(N2CCCCC2)C1.Cl.Cl. The van der Waals surface area contributed by atoms with E-state index < -0.39 is 5.54 Å². The molecule has 4 rings (SSSR count). The third-order valence-corrected chi connectivity index (χ3v) is 7.40. The molecule has 0 aromatic carbocycles. The van der Waals surface area contributed by atoms with Crippen LogP contribution in [0.3, 0.4) is 0 Å². The molecule has 0 aromatic rings. The van der Waals surface area contributed by atoms with Crippen molar-refractivity contribution >= 4 is 30.7 Å². The first-order chi connectivity index (χ1) is 11.5. The Morgan fingerprint density at radius 2 is 1.73 bits per heavy atom. The number of likely N-dealkylation sites (tertiary alicyclic amines) is 2. The summed E-state index contributed by atoms with van der Waals surface area (Å²) < 4.78 is 5.96. The van der Waals surface area contributed by atoms with Crippen LogP contribution in [0.1, 0.15) is 52.4 Å². The van der Waals surface area contributed by atoms with Crippen LogP contribution in [0.15, 0.2) is 0 Å². The van der Waals surface area contributed by atoms with E-state index in [0.717, 1.165) is 39.0 Å². The van der Waals surface area contributed by atoms with E-state index in [-0.39, 0.29) is 48.2 Å². The van der Waals surface area contributed by atoms with Crippen molar-refractivity contribution in [2.75, 3.05) is 32.8 Å². The maximum atomic E-state index is 13.4. The van der Waals surface area contributed by atoms with E-state index >= 15 is 0 Å². The first-order valence-electron chi connectivity index (χ1n) is 9.90. The average Bonchev–Trinajstić information content (AvgIpc) is 3.11. The zero-order chi connectivity index (χ0) is 16.9. The van der Waals surface area contributed by atoms with Crippen LogP contribution >= 0.6 is 24.8 Å². The topological polar surface area (TPSA) is 58.8 Å². The Kier molecular flexibility index (Phi) is 6.94. The molecule has 2 N–H and O–H groups in total. The minimum atomic E-state index is -0.741. The molecule has 0 radical (unpaired) electrons. The Bertz CT molecular complexity index is 513. The van der Waals surface area contributed by atoms with Gasteiger partial charge in [-0.1, -0.05) is 20.3 Å². The number of ether oxygens (including phenoxy) is 1. The van der Waals surface area contributed by atoms with Gasteiger partial charge in [-0.3, -0.25) is 9.69 Å². The number of carbonyl (C=O) groups excluding carboxylic acids is 1. The highest BCUT2D eigenvalue weighted by molar-refractivity contribution is 5.90. The monoisotopic (exact) mass is 407 g/mol. The molecule has 1 aliphatic carbocycles. The highest BCUT2D eigenvalue weighted by Crippen LogP contribution is 2.58.